The fourth-order valence-electron chi connectivity index (χ4n) is 3.60. The minimum atomic E-state index is -3.18. The number of sulfonamides is 1. The van der Waals surface area contributed by atoms with E-state index in [-0.39, 0.29) is 28.8 Å². The van der Waals surface area contributed by atoms with Gasteiger partial charge in [-0.25, -0.2) is 13.1 Å². The number of likely N-dealkylation sites (tertiary alicyclic amines) is 1. The molecule has 2 heterocycles. The van der Waals surface area contributed by atoms with E-state index in [1.54, 1.807) is 4.90 Å². The van der Waals surface area contributed by atoms with Gasteiger partial charge in [0.15, 0.2) is 5.78 Å². The van der Waals surface area contributed by atoms with Gasteiger partial charge in [0.1, 0.15) is 11.4 Å². The molecule has 0 atom stereocenters. The number of carbonyl (C=O) groups is 2. The number of H-pyrrole nitrogens is 1. The van der Waals surface area contributed by atoms with Crippen LogP contribution in [0.5, 0.6) is 0 Å². The zero-order valence-corrected chi connectivity index (χ0v) is 13.9. The predicted octanol–water partition coefficient (Wildman–Crippen LogP) is 0.156. The highest BCUT2D eigenvalue weighted by atomic mass is 32.2. The van der Waals surface area contributed by atoms with Gasteiger partial charge >= 0.3 is 0 Å². The van der Waals surface area contributed by atoms with Crippen LogP contribution in [0.4, 0.5) is 0 Å². The molecular formula is C14H20N4O4S. The molecule has 9 heteroatoms. The molecule has 1 saturated carbocycles. The maximum atomic E-state index is 12.5. The molecule has 1 aliphatic heterocycles. The molecule has 1 spiro atoms. The molecule has 2 N–H and O–H groups in total. The summed E-state index contributed by atoms with van der Waals surface area (Å²) in [4.78, 5) is 25.4. The van der Waals surface area contributed by atoms with Crippen molar-refractivity contribution in [2.24, 2.45) is 5.41 Å². The summed E-state index contributed by atoms with van der Waals surface area (Å²) in [7, 11) is -3.18. The van der Waals surface area contributed by atoms with E-state index in [9.17, 15) is 18.0 Å². The monoisotopic (exact) mass is 340 g/mol. The Morgan fingerprint density at radius 2 is 2.13 bits per heavy atom. The molecule has 0 aromatic carbocycles. The normalized spacial score (nSPS) is 27.2. The molecular weight excluding hydrogens is 320 g/mol. The van der Waals surface area contributed by atoms with Gasteiger partial charge < -0.3 is 4.90 Å². The van der Waals surface area contributed by atoms with Crippen molar-refractivity contribution in [2.75, 3.05) is 19.3 Å². The highest BCUT2D eigenvalue weighted by Crippen LogP contribution is 2.48. The lowest BCUT2D eigenvalue weighted by Crippen LogP contribution is -2.51. The highest BCUT2D eigenvalue weighted by Gasteiger charge is 2.50. The minimum absolute atomic E-state index is 0.0153. The second-order valence-electron chi connectivity index (χ2n) is 6.69. The first kappa shape index (κ1) is 16.1. The van der Waals surface area contributed by atoms with Crippen molar-refractivity contribution in [3.8, 4) is 0 Å². The Morgan fingerprint density at radius 3 is 2.70 bits per heavy atom. The molecule has 1 aromatic heterocycles. The van der Waals surface area contributed by atoms with Crippen LogP contribution in [0.1, 0.15) is 47.2 Å². The van der Waals surface area contributed by atoms with E-state index in [0.29, 0.717) is 18.8 Å². The largest absolute Gasteiger partial charge is 0.337 e. The van der Waals surface area contributed by atoms with Gasteiger partial charge in [-0.2, -0.15) is 5.10 Å². The fraction of sp³-hybridized carbons (Fsp3) is 0.643. The molecule has 8 nitrogen and oxygen atoms in total. The number of nitrogens with zero attached hydrogens (tertiary/aromatic N) is 2. The highest BCUT2D eigenvalue weighted by molar-refractivity contribution is 7.88. The van der Waals surface area contributed by atoms with E-state index in [1.807, 2.05) is 0 Å². The summed E-state index contributed by atoms with van der Waals surface area (Å²) in [5.74, 6) is -0.353. The number of hydrogen-bond acceptors (Lipinski definition) is 5. The smallest absolute Gasteiger partial charge is 0.271 e. The van der Waals surface area contributed by atoms with E-state index in [4.69, 9.17) is 0 Å². The topological polar surface area (TPSA) is 112 Å². The van der Waals surface area contributed by atoms with Gasteiger partial charge in [-0.05, 0) is 30.7 Å². The molecule has 1 amide bonds. The third-order valence-corrected chi connectivity index (χ3v) is 5.40. The first-order valence-electron chi connectivity index (χ1n) is 7.50. The molecule has 0 bridgehead atoms. The number of nitrogens with one attached hydrogen (secondary N) is 2. The van der Waals surface area contributed by atoms with Crippen molar-refractivity contribution in [3.05, 3.63) is 17.5 Å². The quantitative estimate of drug-likeness (QED) is 0.758. The van der Waals surface area contributed by atoms with Crippen LogP contribution in [0, 0.1) is 5.41 Å². The van der Waals surface area contributed by atoms with E-state index in [2.05, 4.69) is 14.9 Å². The van der Waals surface area contributed by atoms with Crippen molar-refractivity contribution in [1.82, 2.24) is 19.8 Å². The molecule has 2 aliphatic rings. The van der Waals surface area contributed by atoms with Gasteiger partial charge in [0, 0.05) is 26.1 Å². The number of amides is 1. The van der Waals surface area contributed by atoms with Crippen molar-refractivity contribution in [3.63, 3.8) is 0 Å². The Labute approximate surface area is 134 Å². The number of carbonyl (C=O) groups excluding carboxylic acids is 2. The van der Waals surface area contributed by atoms with Crippen molar-refractivity contribution < 1.29 is 18.0 Å². The first-order chi connectivity index (χ1) is 10.7. The standard InChI is InChI=1S/C14H20N4O4S/c1-9(19)11-5-12(16-15-11)13(20)18-4-3-14(8-18)6-10(7-14)17-23(2,21)22/h5,10,17H,3-4,6-8H2,1-2H3,(H,15,16). The van der Waals surface area contributed by atoms with E-state index >= 15 is 0 Å². The van der Waals surface area contributed by atoms with Gasteiger partial charge in [0.2, 0.25) is 10.0 Å². The minimum Gasteiger partial charge on any atom is -0.337 e. The third-order valence-electron chi connectivity index (χ3n) is 4.63. The van der Waals surface area contributed by atoms with Crippen LogP contribution >= 0.6 is 0 Å². The average Bonchev–Trinajstić information content (AvgIpc) is 3.02. The lowest BCUT2D eigenvalue weighted by atomic mass is 9.65. The Kier molecular flexibility index (Phi) is 3.80. The molecule has 1 saturated heterocycles. The van der Waals surface area contributed by atoms with Gasteiger partial charge in [0.25, 0.3) is 5.91 Å². The number of Topliss-reactive ketones (excluding diaryl/α,β-unsaturated/α-hetero) is 1. The number of aromatic amines is 1. The fourth-order valence-corrected chi connectivity index (χ4v) is 4.37. The summed E-state index contributed by atoms with van der Waals surface area (Å²) >= 11 is 0. The van der Waals surface area contributed by atoms with Crippen molar-refractivity contribution >= 4 is 21.7 Å². The maximum Gasteiger partial charge on any atom is 0.271 e. The average molecular weight is 340 g/mol. The Balaban J connectivity index is 1.60. The molecule has 0 radical (unpaired) electrons. The number of rotatable bonds is 4. The Morgan fingerprint density at radius 1 is 1.43 bits per heavy atom. The number of aromatic nitrogens is 2. The maximum absolute atomic E-state index is 12.5. The lowest BCUT2D eigenvalue weighted by Gasteiger charge is -2.45. The zero-order valence-electron chi connectivity index (χ0n) is 13.1. The SMILES string of the molecule is CC(=O)c1cc(C(=O)N2CCC3(CC(NS(C)(=O)=O)C3)C2)[nH]n1. The van der Waals surface area contributed by atoms with Crippen LogP contribution in [0.15, 0.2) is 6.07 Å². The molecule has 126 valence electrons. The van der Waals surface area contributed by atoms with Crippen LogP contribution in [-0.2, 0) is 10.0 Å². The molecule has 3 rings (SSSR count). The van der Waals surface area contributed by atoms with Crippen LogP contribution in [0.3, 0.4) is 0 Å². The summed E-state index contributed by atoms with van der Waals surface area (Å²) in [6.07, 6.45) is 3.54. The summed E-state index contributed by atoms with van der Waals surface area (Å²) in [6.45, 7) is 2.65. The summed E-state index contributed by atoms with van der Waals surface area (Å²) < 4.78 is 25.1. The summed E-state index contributed by atoms with van der Waals surface area (Å²) in [5, 5.41) is 6.45. The zero-order chi connectivity index (χ0) is 16.8. The Bertz CT molecular complexity index is 749. The van der Waals surface area contributed by atoms with Gasteiger partial charge in [0.05, 0.1) is 6.26 Å². The second kappa shape index (κ2) is 5.41. The number of ketones is 1. The first-order valence-corrected chi connectivity index (χ1v) is 9.40. The van der Waals surface area contributed by atoms with Crippen LogP contribution in [-0.4, -0.2) is 60.6 Å². The number of hydrogen-bond donors (Lipinski definition) is 2. The van der Waals surface area contributed by atoms with Gasteiger partial charge in [-0.3, -0.25) is 14.7 Å². The molecule has 0 unspecified atom stereocenters. The molecule has 1 aliphatic carbocycles. The van der Waals surface area contributed by atoms with Gasteiger partial charge in [-0.15, -0.1) is 0 Å². The van der Waals surface area contributed by atoms with Crippen LogP contribution in [0.2, 0.25) is 0 Å². The molecule has 2 fully saturated rings. The van der Waals surface area contributed by atoms with Crippen LogP contribution < -0.4 is 4.72 Å². The van der Waals surface area contributed by atoms with Crippen molar-refractivity contribution in [1.29, 1.82) is 0 Å². The third kappa shape index (κ3) is 3.30. The van der Waals surface area contributed by atoms with E-state index in [0.717, 1.165) is 25.5 Å². The lowest BCUT2D eigenvalue weighted by molar-refractivity contribution is 0.0683. The molecule has 23 heavy (non-hydrogen) atoms. The molecule has 1 aromatic rings. The van der Waals surface area contributed by atoms with E-state index in [1.165, 1.54) is 13.0 Å². The summed E-state index contributed by atoms with van der Waals surface area (Å²) in [6, 6.07) is 1.45. The second-order valence-corrected chi connectivity index (χ2v) is 8.47. The van der Waals surface area contributed by atoms with E-state index < -0.39 is 10.0 Å². The van der Waals surface area contributed by atoms with Crippen molar-refractivity contribution in [2.45, 2.75) is 32.2 Å². The Hall–Kier alpha value is -1.74. The summed E-state index contributed by atoms with van der Waals surface area (Å²) in [5.41, 5.74) is 0.585. The van der Waals surface area contributed by atoms with Crippen LogP contribution in [0.25, 0.3) is 0 Å². The predicted molar refractivity (Wildman–Crippen MR) is 82.5 cm³/mol. The van der Waals surface area contributed by atoms with Gasteiger partial charge in [-0.1, -0.05) is 0 Å².